The van der Waals surface area contributed by atoms with Crippen LogP contribution in [-0.2, 0) is 5.54 Å². The van der Waals surface area contributed by atoms with E-state index in [1.54, 1.807) is 0 Å². The molecule has 0 fully saturated rings. The predicted molar refractivity (Wildman–Crippen MR) is 107 cm³/mol. The molecule has 6 nitrogen and oxygen atoms in total. The number of anilines is 1. The van der Waals surface area contributed by atoms with Crippen LogP contribution in [0.25, 0.3) is 27.8 Å². The highest BCUT2D eigenvalue weighted by molar-refractivity contribution is 5.96. The number of hydrogen-bond acceptors (Lipinski definition) is 4. The van der Waals surface area contributed by atoms with Crippen molar-refractivity contribution >= 4 is 16.6 Å². The third-order valence-electron chi connectivity index (χ3n) is 5.52. The van der Waals surface area contributed by atoms with Crippen LogP contribution in [-0.4, -0.2) is 24.7 Å². The Kier molecular flexibility index (Phi) is 3.09. The molecule has 6 heteroatoms. The van der Waals surface area contributed by atoms with Gasteiger partial charge >= 0.3 is 0 Å². The Balaban J connectivity index is 1.81. The van der Waals surface area contributed by atoms with E-state index in [4.69, 9.17) is 4.98 Å². The van der Waals surface area contributed by atoms with Crippen molar-refractivity contribution in [3.8, 4) is 16.9 Å². The highest BCUT2D eigenvalue weighted by Gasteiger charge is 2.35. The second-order valence-electron chi connectivity index (χ2n) is 7.85. The van der Waals surface area contributed by atoms with Gasteiger partial charge in [-0.3, -0.25) is 9.55 Å². The van der Waals surface area contributed by atoms with E-state index in [0.717, 1.165) is 45.4 Å². The Labute approximate surface area is 157 Å². The zero-order valence-corrected chi connectivity index (χ0v) is 16.2. The number of aryl methyl sites for hydroxylation is 2. The molecule has 3 aromatic heterocycles. The first kappa shape index (κ1) is 16.1. The lowest BCUT2D eigenvalue weighted by molar-refractivity contribution is 0.534. The van der Waals surface area contributed by atoms with Crippen molar-refractivity contribution in [2.24, 2.45) is 0 Å². The number of rotatable bonds is 1. The van der Waals surface area contributed by atoms with Gasteiger partial charge in [0.2, 0.25) is 0 Å². The summed E-state index contributed by atoms with van der Waals surface area (Å²) in [7, 11) is 0. The van der Waals surface area contributed by atoms with Gasteiger partial charge in [-0.2, -0.15) is 0 Å². The number of benzene rings is 1. The molecule has 0 saturated heterocycles. The van der Waals surface area contributed by atoms with Crippen LogP contribution in [0.15, 0.2) is 30.6 Å². The third kappa shape index (κ3) is 2.10. The first-order chi connectivity index (χ1) is 12.9. The summed E-state index contributed by atoms with van der Waals surface area (Å²) < 4.78 is 2.16. The molecular weight excluding hydrogens is 336 g/mol. The minimum atomic E-state index is -0.305. The number of aromatic nitrogens is 5. The lowest BCUT2D eigenvalue weighted by Crippen LogP contribution is -2.36. The zero-order valence-electron chi connectivity index (χ0n) is 16.2. The van der Waals surface area contributed by atoms with Crippen molar-refractivity contribution < 1.29 is 0 Å². The van der Waals surface area contributed by atoms with E-state index in [0.29, 0.717) is 0 Å². The van der Waals surface area contributed by atoms with E-state index in [9.17, 15) is 0 Å². The average Bonchev–Trinajstić information content (AvgIpc) is 3.19. The molecule has 136 valence electrons. The van der Waals surface area contributed by atoms with Gasteiger partial charge < -0.3 is 10.3 Å². The van der Waals surface area contributed by atoms with E-state index in [1.165, 1.54) is 10.9 Å². The lowest BCUT2D eigenvalue weighted by atomic mass is 9.96. The van der Waals surface area contributed by atoms with Crippen LogP contribution in [0.1, 0.15) is 36.6 Å². The first-order valence-electron chi connectivity index (χ1n) is 9.16. The average molecular weight is 358 g/mol. The van der Waals surface area contributed by atoms with Crippen LogP contribution in [0.3, 0.4) is 0 Å². The second-order valence-corrected chi connectivity index (χ2v) is 7.85. The maximum atomic E-state index is 4.84. The molecule has 0 bridgehead atoms. The van der Waals surface area contributed by atoms with Crippen LogP contribution in [0.4, 0.5) is 5.69 Å². The van der Waals surface area contributed by atoms with Gasteiger partial charge in [0, 0.05) is 22.7 Å². The molecule has 0 aliphatic carbocycles. The van der Waals surface area contributed by atoms with Crippen LogP contribution in [0, 0.1) is 20.8 Å². The minimum absolute atomic E-state index is 0.305. The molecule has 4 aromatic rings. The molecule has 0 radical (unpaired) electrons. The van der Waals surface area contributed by atoms with Crippen LogP contribution in [0.5, 0.6) is 0 Å². The maximum Gasteiger partial charge on any atom is 0.162 e. The Morgan fingerprint density at radius 1 is 1.07 bits per heavy atom. The number of nitrogens with one attached hydrogen (secondary N) is 2. The van der Waals surface area contributed by atoms with Gasteiger partial charge in [-0.05, 0) is 40.2 Å². The normalized spacial score (nSPS) is 14.7. The molecule has 0 saturated carbocycles. The molecule has 0 atom stereocenters. The van der Waals surface area contributed by atoms with Crippen molar-refractivity contribution in [2.45, 2.75) is 40.2 Å². The number of aromatic amines is 1. The van der Waals surface area contributed by atoms with E-state index in [1.807, 2.05) is 19.3 Å². The lowest BCUT2D eigenvalue weighted by Gasteiger charge is -2.34. The van der Waals surface area contributed by atoms with Crippen molar-refractivity contribution in [3.63, 3.8) is 0 Å². The number of hydrogen-bond donors (Lipinski definition) is 2. The topological polar surface area (TPSA) is 71.4 Å². The smallest absolute Gasteiger partial charge is 0.162 e. The van der Waals surface area contributed by atoms with Crippen LogP contribution >= 0.6 is 0 Å². The van der Waals surface area contributed by atoms with Gasteiger partial charge in [-0.15, -0.1) is 10.2 Å². The van der Waals surface area contributed by atoms with E-state index in [-0.39, 0.29) is 5.54 Å². The molecule has 0 spiro atoms. The zero-order chi connectivity index (χ0) is 18.9. The van der Waals surface area contributed by atoms with E-state index >= 15 is 0 Å². The molecule has 1 aliphatic heterocycles. The Morgan fingerprint density at radius 2 is 1.89 bits per heavy atom. The quantitative estimate of drug-likeness (QED) is 0.529. The summed E-state index contributed by atoms with van der Waals surface area (Å²) in [6.45, 7) is 10.5. The fourth-order valence-electron chi connectivity index (χ4n) is 4.17. The third-order valence-corrected chi connectivity index (χ3v) is 5.52. The molecule has 2 N–H and O–H groups in total. The Morgan fingerprint density at radius 3 is 2.70 bits per heavy atom. The summed E-state index contributed by atoms with van der Waals surface area (Å²) in [4.78, 5) is 8.25. The summed E-state index contributed by atoms with van der Waals surface area (Å²) in [5.41, 5.74) is 7.33. The summed E-state index contributed by atoms with van der Waals surface area (Å²) >= 11 is 0. The molecule has 0 amide bonds. The van der Waals surface area contributed by atoms with Crippen LogP contribution < -0.4 is 5.32 Å². The van der Waals surface area contributed by atoms with Gasteiger partial charge in [0.05, 0.1) is 34.3 Å². The summed E-state index contributed by atoms with van der Waals surface area (Å²) in [6, 6.07) is 6.36. The number of pyridine rings is 1. The number of nitrogens with zero attached hydrogens (tertiary/aromatic N) is 4. The number of H-pyrrole nitrogens is 1. The number of para-hydroxylation sites is 1. The van der Waals surface area contributed by atoms with Gasteiger partial charge in [0.25, 0.3) is 0 Å². The molecule has 5 rings (SSSR count). The van der Waals surface area contributed by atoms with Crippen molar-refractivity contribution in [3.05, 3.63) is 53.4 Å². The monoisotopic (exact) mass is 358 g/mol. The summed E-state index contributed by atoms with van der Waals surface area (Å²) in [5.74, 6) is 1.80. The van der Waals surface area contributed by atoms with Crippen molar-refractivity contribution in [1.29, 1.82) is 0 Å². The predicted octanol–water partition coefficient (Wildman–Crippen LogP) is 4.40. The Hall–Kier alpha value is -3.15. The van der Waals surface area contributed by atoms with Crippen LogP contribution in [0.2, 0.25) is 0 Å². The van der Waals surface area contributed by atoms with Gasteiger partial charge in [-0.1, -0.05) is 18.2 Å². The fraction of sp³-hybridized carbons (Fsp3) is 0.286. The van der Waals surface area contributed by atoms with Crippen molar-refractivity contribution in [2.75, 3.05) is 5.32 Å². The SMILES string of the molecule is Cc1c(-c2cccc3c(C)c[nH]c23)ncc2c1-n1c(C)nnc1C(C)(C)N2. The summed E-state index contributed by atoms with van der Waals surface area (Å²) in [5, 5.41) is 13.6. The molecule has 1 aliphatic rings. The Bertz CT molecular complexity index is 1210. The first-order valence-corrected chi connectivity index (χ1v) is 9.16. The largest absolute Gasteiger partial charge is 0.370 e. The summed E-state index contributed by atoms with van der Waals surface area (Å²) in [6.07, 6.45) is 3.98. The van der Waals surface area contributed by atoms with Gasteiger partial charge in [-0.25, -0.2) is 0 Å². The second kappa shape index (κ2) is 5.19. The number of fused-ring (bicyclic) bond motifs is 4. The molecule has 0 unspecified atom stereocenters. The molecular formula is C21H22N6. The van der Waals surface area contributed by atoms with Gasteiger partial charge in [0.15, 0.2) is 5.82 Å². The van der Waals surface area contributed by atoms with Gasteiger partial charge in [0.1, 0.15) is 5.82 Å². The fourth-order valence-corrected chi connectivity index (χ4v) is 4.17. The molecule has 4 heterocycles. The highest BCUT2D eigenvalue weighted by Crippen LogP contribution is 2.41. The van der Waals surface area contributed by atoms with E-state index < -0.39 is 0 Å². The van der Waals surface area contributed by atoms with E-state index in [2.05, 4.69) is 71.0 Å². The maximum absolute atomic E-state index is 4.84. The highest BCUT2D eigenvalue weighted by atomic mass is 15.3. The minimum Gasteiger partial charge on any atom is -0.370 e. The standard InChI is InChI=1S/C21H22N6/c1-11-9-22-18-14(11)7-6-8-15(18)17-12(2)19-16(10-23-17)24-21(4,5)20-26-25-13(3)27(19)20/h6-10,22,24H,1-5H3. The van der Waals surface area contributed by atoms with Crippen molar-refractivity contribution in [1.82, 2.24) is 24.7 Å². The molecule has 1 aromatic carbocycles. The molecule has 27 heavy (non-hydrogen) atoms.